The quantitative estimate of drug-likeness (QED) is 0.318. The van der Waals surface area contributed by atoms with E-state index in [9.17, 15) is 30.4 Å². The summed E-state index contributed by atoms with van der Waals surface area (Å²) in [6.45, 7) is 0. The fourth-order valence-electron chi connectivity index (χ4n) is 2.25. The van der Waals surface area contributed by atoms with Gasteiger partial charge in [-0.3, -0.25) is 20.2 Å². The van der Waals surface area contributed by atoms with E-state index >= 15 is 0 Å². The van der Waals surface area contributed by atoms with Crippen LogP contribution in [0.5, 0.6) is 11.5 Å². The van der Waals surface area contributed by atoms with Gasteiger partial charge in [-0.15, -0.1) is 24.7 Å². The zero-order chi connectivity index (χ0) is 22.8. The van der Waals surface area contributed by atoms with Crippen LogP contribution in [0.4, 0.5) is 11.4 Å². The summed E-state index contributed by atoms with van der Waals surface area (Å²) in [5.41, 5.74) is -0.248. The molecular formula is C20H18N2O8. The maximum Gasteiger partial charge on any atom is 0.311 e. The molecule has 0 bridgehead atoms. The molecule has 30 heavy (non-hydrogen) atoms. The van der Waals surface area contributed by atoms with Crippen molar-refractivity contribution < 1.29 is 30.3 Å². The van der Waals surface area contributed by atoms with E-state index in [0.29, 0.717) is 11.1 Å². The molecule has 0 aliphatic heterocycles. The Balaban J connectivity index is 0.000000300. The molecule has 10 nitrogen and oxygen atoms in total. The number of aliphatic hydroxyl groups is 2. The number of nitro groups is 2. The van der Waals surface area contributed by atoms with Crippen LogP contribution < -0.4 is 0 Å². The fourth-order valence-corrected chi connectivity index (χ4v) is 2.25. The molecule has 0 saturated heterocycles. The van der Waals surface area contributed by atoms with Gasteiger partial charge < -0.3 is 20.4 Å². The van der Waals surface area contributed by atoms with Crippen LogP contribution in [-0.2, 0) is 0 Å². The van der Waals surface area contributed by atoms with E-state index in [1.54, 1.807) is 0 Å². The molecule has 2 rings (SSSR count). The standard InChI is InChI=1S/2C10H9NO4/c2*1-2-3-9(12)7-4-5-10(13)8(6-7)11(14)15/h2*1,4-6,9,12-13H,3H2/t2*9-/m10/s1. The van der Waals surface area contributed by atoms with E-state index in [-0.39, 0.29) is 12.8 Å². The third-order valence-corrected chi connectivity index (χ3v) is 3.78. The molecule has 2 aromatic rings. The van der Waals surface area contributed by atoms with Crippen molar-refractivity contribution >= 4 is 11.4 Å². The summed E-state index contributed by atoms with van der Waals surface area (Å²) in [6, 6.07) is 7.32. The van der Waals surface area contributed by atoms with Gasteiger partial charge in [-0.1, -0.05) is 12.1 Å². The average Bonchev–Trinajstić information content (AvgIpc) is 2.69. The molecule has 0 amide bonds. The number of rotatable bonds is 6. The summed E-state index contributed by atoms with van der Waals surface area (Å²) in [6.07, 6.45) is 8.25. The molecule has 0 unspecified atom stereocenters. The predicted octanol–water partition coefficient (Wildman–Crippen LogP) is 2.71. The van der Waals surface area contributed by atoms with Crippen molar-refractivity contribution in [1.82, 2.24) is 0 Å². The number of phenolic OH excluding ortho intramolecular Hbond substituents is 2. The number of phenols is 2. The van der Waals surface area contributed by atoms with Gasteiger partial charge in [-0.05, 0) is 23.3 Å². The number of hydrogen-bond acceptors (Lipinski definition) is 8. The van der Waals surface area contributed by atoms with Gasteiger partial charge in [0.1, 0.15) is 0 Å². The van der Waals surface area contributed by atoms with Crippen molar-refractivity contribution in [3.05, 3.63) is 67.8 Å². The minimum atomic E-state index is -0.950. The molecule has 2 atom stereocenters. The number of terminal acetylenes is 2. The van der Waals surface area contributed by atoms with Crippen molar-refractivity contribution in [3.8, 4) is 36.2 Å². The Morgan fingerprint density at radius 1 is 0.800 bits per heavy atom. The van der Waals surface area contributed by atoms with Crippen molar-refractivity contribution in [2.75, 3.05) is 0 Å². The highest BCUT2D eigenvalue weighted by Gasteiger charge is 2.17. The highest BCUT2D eigenvalue weighted by Crippen LogP contribution is 2.30. The van der Waals surface area contributed by atoms with E-state index in [4.69, 9.17) is 23.1 Å². The molecule has 0 radical (unpaired) electrons. The third kappa shape index (κ3) is 6.49. The maximum atomic E-state index is 10.5. The Morgan fingerprint density at radius 3 is 1.40 bits per heavy atom. The van der Waals surface area contributed by atoms with Crippen LogP contribution in [0, 0.1) is 44.9 Å². The Bertz CT molecular complexity index is 925. The van der Waals surface area contributed by atoms with Gasteiger partial charge in [-0.2, -0.15) is 0 Å². The van der Waals surface area contributed by atoms with Crippen LogP contribution in [0.2, 0.25) is 0 Å². The molecule has 4 N–H and O–H groups in total. The van der Waals surface area contributed by atoms with Crippen molar-refractivity contribution in [3.63, 3.8) is 0 Å². The van der Waals surface area contributed by atoms with Gasteiger partial charge in [0.2, 0.25) is 0 Å². The third-order valence-electron chi connectivity index (χ3n) is 3.78. The maximum absolute atomic E-state index is 10.5. The number of aliphatic hydroxyl groups excluding tert-OH is 2. The zero-order valence-corrected chi connectivity index (χ0v) is 15.5. The van der Waals surface area contributed by atoms with Crippen LogP contribution in [0.1, 0.15) is 36.2 Å². The van der Waals surface area contributed by atoms with Gasteiger partial charge in [-0.25, -0.2) is 0 Å². The lowest BCUT2D eigenvalue weighted by Crippen LogP contribution is -1.97. The second-order valence-electron chi connectivity index (χ2n) is 5.86. The lowest BCUT2D eigenvalue weighted by molar-refractivity contribution is -0.386. The Morgan fingerprint density at radius 2 is 1.13 bits per heavy atom. The molecule has 156 valence electrons. The average molecular weight is 414 g/mol. The van der Waals surface area contributed by atoms with Gasteiger partial charge in [0.05, 0.1) is 22.1 Å². The largest absolute Gasteiger partial charge is 0.502 e. The van der Waals surface area contributed by atoms with Crippen LogP contribution in [-0.4, -0.2) is 30.3 Å². The van der Waals surface area contributed by atoms with Crippen molar-refractivity contribution in [2.24, 2.45) is 0 Å². The smallest absolute Gasteiger partial charge is 0.311 e. The number of aromatic hydroxyl groups is 2. The molecule has 0 heterocycles. The Labute approximate surface area is 171 Å². The van der Waals surface area contributed by atoms with Gasteiger partial charge >= 0.3 is 11.4 Å². The molecule has 10 heteroatoms. The predicted molar refractivity (Wildman–Crippen MR) is 106 cm³/mol. The normalized spacial score (nSPS) is 11.7. The summed E-state index contributed by atoms with van der Waals surface area (Å²) < 4.78 is 0. The van der Waals surface area contributed by atoms with E-state index < -0.39 is 44.9 Å². The molecular weight excluding hydrogens is 396 g/mol. The number of hydrogen-bond donors (Lipinski definition) is 4. The number of benzene rings is 2. The Kier molecular flexibility index (Phi) is 8.79. The van der Waals surface area contributed by atoms with Crippen molar-refractivity contribution in [1.29, 1.82) is 0 Å². The first-order valence-corrected chi connectivity index (χ1v) is 8.30. The summed E-state index contributed by atoms with van der Waals surface area (Å²) in [5.74, 6) is 3.63. The molecule has 0 fully saturated rings. The van der Waals surface area contributed by atoms with E-state index in [0.717, 1.165) is 24.3 Å². The van der Waals surface area contributed by atoms with Gasteiger partial charge in [0.25, 0.3) is 0 Å². The second-order valence-corrected chi connectivity index (χ2v) is 5.86. The first-order chi connectivity index (χ1) is 14.1. The SMILES string of the molecule is C#CC[C@@H](O)c1ccc(O)c([N+](=O)[O-])c1.C#CC[C@H](O)c1ccc(O)c([N+](=O)[O-])c1. The van der Waals surface area contributed by atoms with E-state index in [1.807, 2.05) is 0 Å². The molecule has 0 aromatic heterocycles. The summed E-state index contributed by atoms with van der Waals surface area (Å²) >= 11 is 0. The summed E-state index contributed by atoms with van der Waals surface area (Å²) in [7, 11) is 0. The monoisotopic (exact) mass is 414 g/mol. The molecule has 0 aliphatic carbocycles. The second kappa shape index (κ2) is 11.0. The lowest BCUT2D eigenvalue weighted by Gasteiger charge is -2.07. The highest BCUT2D eigenvalue weighted by molar-refractivity contribution is 5.49. The molecule has 0 spiro atoms. The summed E-state index contributed by atoms with van der Waals surface area (Å²) in [5, 5.41) is 58.2. The first-order valence-electron chi connectivity index (χ1n) is 8.30. The van der Waals surface area contributed by atoms with E-state index in [2.05, 4.69) is 11.8 Å². The molecule has 0 saturated carbocycles. The topological polar surface area (TPSA) is 167 Å². The summed E-state index contributed by atoms with van der Waals surface area (Å²) in [4.78, 5) is 19.5. The van der Waals surface area contributed by atoms with E-state index in [1.165, 1.54) is 12.1 Å². The lowest BCUT2D eigenvalue weighted by atomic mass is 10.1. The first kappa shape index (κ1) is 23.9. The zero-order valence-electron chi connectivity index (χ0n) is 15.5. The minimum absolute atomic E-state index is 0.0714. The highest BCUT2D eigenvalue weighted by atomic mass is 16.6. The van der Waals surface area contributed by atoms with Crippen LogP contribution in [0.25, 0.3) is 0 Å². The van der Waals surface area contributed by atoms with Crippen molar-refractivity contribution in [2.45, 2.75) is 25.0 Å². The van der Waals surface area contributed by atoms with Crippen LogP contribution >= 0.6 is 0 Å². The Hall–Kier alpha value is -4.12. The molecule has 0 aliphatic rings. The fraction of sp³-hybridized carbons (Fsp3) is 0.200. The van der Waals surface area contributed by atoms with Crippen LogP contribution in [0.15, 0.2) is 36.4 Å². The number of nitro benzene ring substituents is 2. The van der Waals surface area contributed by atoms with Gasteiger partial charge in [0, 0.05) is 25.0 Å². The van der Waals surface area contributed by atoms with Crippen LogP contribution in [0.3, 0.4) is 0 Å². The number of nitrogens with zero attached hydrogens (tertiary/aromatic N) is 2. The molecule has 2 aromatic carbocycles. The minimum Gasteiger partial charge on any atom is -0.502 e. The van der Waals surface area contributed by atoms with Gasteiger partial charge in [0.15, 0.2) is 11.5 Å².